The van der Waals surface area contributed by atoms with Crippen LogP contribution in [0.5, 0.6) is 0 Å². The van der Waals surface area contributed by atoms with Crippen molar-refractivity contribution in [3.05, 3.63) is 39.7 Å². The van der Waals surface area contributed by atoms with Crippen LogP contribution in [-0.2, 0) is 10.8 Å². The molecule has 1 aliphatic carbocycles. The molecule has 4 rings (SSSR count). The third kappa shape index (κ3) is 6.98. The van der Waals surface area contributed by atoms with Gasteiger partial charge in [0.05, 0.1) is 10.7 Å². The van der Waals surface area contributed by atoms with Gasteiger partial charge in [-0.2, -0.15) is 0 Å². The zero-order valence-electron chi connectivity index (χ0n) is 24.0. The maximum atomic E-state index is 5.17. The molecule has 1 saturated heterocycles. The van der Waals surface area contributed by atoms with E-state index in [0.717, 1.165) is 5.92 Å². The normalized spacial score (nSPS) is 20.6. The number of hydrogen-bond donors (Lipinski definition) is 0. The molecule has 0 saturated carbocycles. The molecular formula is C32H52N2S. The highest BCUT2D eigenvalue weighted by molar-refractivity contribution is 7.10. The summed E-state index contributed by atoms with van der Waals surface area (Å²) >= 11 is 1.89. The SMILES string of the molecule is CC.CCCCC(C)CCN1CCC(c2nc(-c3ccc4c(c3)C(C)(C)CCC4(C)C)cs2)CC1. The van der Waals surface area contributed by atoms with E-state index in [4.69, 9.17) is 4.98 Å². The Kier molecular flexibility index (Phi) is 10.0. The second-order valence-electron chi connectivity index (χ2n) is 12.3. The second-order valence-corrected chi connectivity index (χ2v) is 13.1. The highest BCUT2D eigenvalue weighted by atomic mass is 32.1. The standard InChI is InChI=1S/C30H46N2S.C2H6/c1-7-8-9-22(2)12-17-32-18-13-23(14-19-32)28-31-27(21-33-28)24-10-11-25-26(20-24)30(5,6)16-15-29(25,3)4;1-2/h10-11,20-23H,7-9,12-19H2,1-6H3;1-2H3. The first kappa shape index (κ1) is 28.4. The Hall–Kier alpha value is -1.19. The summed E-state index contributed by atoms with van der Waals surface area (Å²) in [5.74, 6) is 1.52. The summed E-state index contributed by atoms with van der Waals surface area (Å²) in [4.78, 5) is 7.87. The van der Waals surface area contributed by atoms with Gasteiger partial charge in [-0.05, 0) is 85.7 Å². The van der Waals surface area contributed by atoms with E-state index in [0.29, 0.717) is 5.92 Å². The van der Waals surface area contributed by atoms with Crippen molar-refractivity contribution in [2.75, 3.05) is 19.6 Å². The number of benzene rings is 1. The summed E-state index contributed by atoms with van der Waals surface area (Å²) in [5, 5.41) is 3.66. The first-order valence-corrected chi connectivity index (χ1v) is 15.4. The lowest BCUT2D eigenvalue weighted by Crippen LogP contribution is -2.34. The largest absolute Gasteiger partial charge is 0.303 e. The quantitative estimate of drug-likeness (QED) is 0.361. The average Bonchev–Trinajstić information content (AvgIpc) is 3.36. The lowest BCUT2D eigenvalue weighted by atomic mass is 9.63. The number of hydrogen-bond acceptors (Lipinski definition) is 3. The highest BCUT2D eigenvalue weighted by Crippen LogP contribution is 2.47. The maximum absolute atomic E-state index is 5.17. The first-order chi connectivity index (χ1) is 16.7. The zero-order valence-corrected chi connectivity index (χ0v) is 24.9. The van der Waals surface area contributed by atoms with Crippen LogP contribution in [0.2, 0.25) is 0 Å². The molecule has 1 atom stereocenters. The third-order valence-electron chi connectivity index (χ3n) is 8.60. The molecule has 2 aliphatic rings. The van der Waals surface area contributed by atoms with Crippen LogP contribution >= 0.6 is 11.3 Å². The van der Waals surface area contributed by atoms with Gasteiger partial charge in [0.1, 0.15) is 0 Å². The Morgan fingerprint density at radius 3 is 2.31 bits per heavy atom. The summed E-state index contributed by atoms with van der Waals surface area (Å²) in [5.41, 5.74) is 6.09. The van der Waals surface area contributed by atoms with Gasteiger partial charge in [0.25, 0.3) is 0 Å². The predicted octanol–water partition coefficient (Wildman–Crippen LogP) is 9.58. The van der Waals surface area contributed by atoms with Gasteiger partial charge in [-0.3, -0.25) is 0 Å². The minimum atomic E-state index is 0.251. The van der Waals surface area contributed by atoms with Gasteiger partial charge < -0.3 is 4.90 Å². The molecule has 1 unspecified atom stereocenters. The number of nitrogens with zero attached hydrogens (tertiary/aromatic N) is 2. The molecule has 1 aromatic carbocycles. The molecule has 1 fully saturated rings. The van der Waals surface area contributed by atoms with Crippen LogP contribution in [0.3, 0.4) is 0 Å². The predicted molar refractivity (Wildman–Crippen MR) is 156 cm³/mol. The van der Waals surface area contributed by atoms with Gasteiger partial charge in [-0.1, -0.05) is 86.8 Å². The number of thiazole rings is 1. The smallest absolute Gasteiger partial charge is 0.0964 e. The number of rotatable bonds is 8. The molecule has 35 heavy (non-hydrogen) atoms. The number of piperidine rings is 1. The van der Waals surface area contributed by atoms with Crippen molar-refractivity contribution in [2.45, 2.75) is 124 Å². The molecule has 0 N–H and O–H groups in total. The van der Waals surface area contributed by atoms with Gasteiger partial charge in [-0.25, -0.2) is 4.98 Å². The van der Waals surface area contributed by atoms with Crippen molar-refractivity contribution in [3.8, 4) is 11.3 Å². The molecule has 2 heterocycles. The molecule has 0 amide bonds. The van der Waals surface area contributed by atoms with Crippen molar-refractivity contribution >= 4 is 11.3 Å². The lowest BCUT2D eigenvalue weighted by Gasteiger charge is -2.42. The Morgan fingerprint density at radius 2 is 1.66 bits per heavy atom. The number of likely N-dealkylation sites (tertiary alicyclic amines) is 1. The van der Waals surface area contributed by atoms with E-state index in [1.54, 1.807) is 0 Å². The molecule has 2 aromatic rings. The van der Waals surface area contributed by atoms with Crippen LogP contribution in [-0.4, -0.2) is 29.5 Å². The monoisotopic (exact) mass is 496 g/mol. The fraction of sp³-hybridized carbons (Fsp3) is 0.719. The number of fused-ring (bicyclic) bond motifs is 1. The molecule has 0 radical (unpaired) electrons. The molecule has 1 aliphatic heterocycles. The van der Waals surface area contributed by atoms with E-state index in [2.05, 4.69) is 70.0 Å². The fourth-order valence-electron chi connectivity index (χ4n) is 5.86. The zero-order chi connectivity index (χ0) is 25.6. The van der Waals surface area contributed by atoms with E-state index in [1.165, 1.54) is 98.4 Å². The van der Waals surface area contributed by atoms with Crippen LogP contribution in [0.4, 0.5) is 0 Å². The van der Waals surface area contributed by atoms with E-state index < -0.39 is 0 Å². The molecule has 1 aromatic heterocycles. The molecule has 196 valence electrons. The van der Waals surface area contributed by atoms with Crippen molar-refractivity contribution in [2.24, 2.45) is 5.92 Å². The third-order valence-corrected chi connectivity index (χ3v) is 9.60. The average molecular weight is 497 g/mol. The van der Waals surface area contributed by atoms with Crippen LogP contribution in [0.25, 0.3) is 11.3 Å². The minimum Gasteiger partial charge on any atom is -0.303 e. The molecule has 0 bridgehead atoms. The van der Waals surface area contributed by atoms with Crippen LogP contribution in [0.1, 0.15) is 129 Å². The second kappa shape index (κ2) is 12.4. The van der Waals surface area contributed by atoms with Crippen LogP contribution in [0.15, 0.2) is 23.6 Å². The van der Waals surface area contributed by atoms with Gasteiger partial charge in [-0.15, -0.1) is 11.3 Å². The highest BCUT2D eigenvalue weighted by Gasteiger charge is 2.37. The van der Waals surface area contributed by atoms with E-state index >= 15 is 0 Å². The van der Waals surface area contributed by atoms with Crippen molar-refractivity contribution in [1.82, 2.24) is 9.88 Å². The Bertz CT molecular complexity index is 917. The summed E-state index contributed by atoms with van der Waals surface area (Å²) < 4.78 is 0. The maximum Gasteiger partial charge on any atom is 0.0964 e. The molecule has 0 spiro atoms. The van der Waals surface area contributed by atoms with Crippen molar-refractivity contribution in [3.63, 3.8) is 0 Å². The molecule has 2 nitrogen and oxygen atoms in total. The molecule has 3 heteroatoms. The van der Waals surface area contributed by atoms with Crippen molar-refractivity contribution in [1.29, 1.82) is 0 Å². The number of aromatic nitrogens is 1. The van der Waals surface area contributed by atoms with Gasteiger partial charge in [0.2, 0.25) is 0 Å². The molecular weight excluding hydrogens is 444 g/mol. The summed E-state index contributed by atoms with van der Waals surface area (Å²) in [6.45, 7) is 22.1. The summed E-state index contributed by atoms with van der Waals surface area (Å²) in [7, 11) is 0. The van der Waals surface area contributed by atoms with E-state index in [9.17, 15) is 0 Å². The Labute approximate surface area is 220 Å². The van der Waals surface area contributed by atoms with Gasteiger partial charge >= 0.3 is 0 Å². The summed E-state index contributed by atoms with van der Waals surface area (Å²) in [6.07, 6.45) is 10.5. The van der Waals surface area contributed by atoms with Crippen LogP contribution < -0.4 is 0 Å². The minimum absolute atomic E-state index is 0.251. The number of unbranched alkanes of at least 4 members (excludes halogenated alkanes) is 1. The Balaban J connectivity index is 0.00000167. The van der Waals surface area contributed by atoms with E-state index in [1.807, 2.05) is 25.2 Å². The van der Waals surface area contributed by atoms with Crippen molar-refractivity contribution < 1.29 is 0 Å². The summed E-state index contributed by atoms with van der Waals surface area (Å²) in [6, 6.07) is 7.17. The Morgan fingerprint density at radius 1 is 1.00 bits per heavy atom. The topological polar surface area (TPSA) is 16.1 Å². The van der Waals surface area contributed by atoms with Crippen LogP contribution in [0, 0.1) is 5.92 Å². The van der Waals surface area contributed by atoms with Gasteiger partial charge in [0, 0.05) is 16.9 Å². The first-order valence-electron chi connectivity index (χ1n) is 14.5. The fourth-order valence-corrected chi connectivity index (χ4v) is 6.86. The lowest BCUT2D eigenvalue weighted by molar-refractivity contribution is 0.198. The van der Waals surface area contributed by atoms with E-state index in [-0.39, 0.29) is 10.8 Å². The van der Waals surface area contributed by atoms with Gasteiger partial charge in [0.15, 0.2) is 0 Å².